The number of carbonyl (C=O) groups is 1. The Labute approximate surface area is 146 Å². The lowest BCUT2D eigenvalue weighted by atomic mass is 10.2. The number of thioether (sulfide) groups is 1. The number of carbonyl (C=O) groups excluding carboxylic acids is 1. The summed E-state index contributed by atoms with van der Waals surface area (Å²) >= 11 is 1.23. The van der Waals surface area contributed by atoms with Crippen LogP contribution in [0, 0.1) is 0 Å². The summed E-state index contributed by atoms with van der Waals surface area (Å²) in [5.41, 5.74) is 5.93. The van der Waals surface area contributed by atoms with Gasteiger partial charge in [0.2, 0.25) is 5.91 Å². The Morgan fingerprint density at radius 1 is 1.33 bits per heavy atom. The van der Waals surface area contributed by atoms with Gasteiger partial charge < -0.3 is 10.6 Å². The molecule has 1 aromatic carbocycles. The number of hydrogen-bond donors (Lipinski definition) is 1. The average Bonchev–Trinajstić information content (AvgIpc) is 2.57. The SMILES string of the molecule is CCN(CC)CCn1c(S[C@H](C)C(N)=O)nc2ccccc2c1=O. The van der Waals surface area contributed by atoms with Crippen LogP contribution in [0.25, 0.3) is 10.9 Å². The monoisotopic (exact) mass is 348 g/mol. The molecular formula is C17H24N4O2S. The van der Waals surface area contributed by atoms with E-state index in [9.17, 15) is 9.59 Å². The van der Waals surface area contributed by atoms with Crippen LogP contribution < -0.4 is 11.3 Å². The molecule has 0 unspecified atom stereocenters. The molecule has 0 bridgehead atoms. The first-order chi connectivity index (χ1) is 11.5. The Bertz CT molecular complexity index is 771. The van der Waals surface area contributed by atoms with E-state index in [1.807, 2.05) is 18.2 Å². The Balaban J connectivity index is 2.45. The van der Waals surface area contributed by atoms with Crippen molar-refractivity contribution in [3.8, 4) is 0 Å². The van der Waals surface area contributed by atoms with E-state index in [0.717, 1.165) is 19.6 Å². The Morgan fingerprint density at radius 2 is 2.00 bits per heavy atom. The lowest BCUT2D eigenvalue weighted by Gasteiger charge is -2.20. The zero-order valence-corrected chi connectivity index (χ0v) is 15.2. The number of amides is 1. The maximum Gasteiger partial charge on any atom is 0.262 e. The van der Waals surface area contributed by atoms with Gasteiger partial charge in [-0.15, -0.1) is 0 Å². The van der Waals surface area contributed by atoms with Gasteiger partial charge in [0.15, 0.2) is 5.16 Å². The predicted molar refractivity (Wildman–Crippen MR) is 98.3 cm³/mol. The third-order valence-corrected chi connectivity index (χ3v) is 5.15. The number of nitrogens with zero attached hydrogens (tertiary/aromatic N) is 3. The summed E-state index contributed by atoms with van der Waals surface area (Å²) in [7, 11) is 0. The maximum atomic E-state index is 12.9. The zero-order chi connectivity index (χ0) is 17.7. The number of rotatable bonds is 8. The highest BCUT2D eigenvalue weighted by Crippen LogP contribution is 2.22. The molecule has 1 heterocycles. The summed E-state index contributed by atoms with van der Waals surface area (Å²) in [5, 5.41) is 0.683. The van der Waals surface area contributed by atoms with Crippen molar-refractivity contribution in [3.63, 3.8) is 0 Å². The van der Waals surface area contributed by atoms with Gasteiger partial charge in [-0.3, -0.25) is 14.2 Å². The quantitative estimate of drug-likeness (QED) is 0.580. The van der Waals surface area contributed by atoms with Gasteiger partial charge in [-0.25, -0.2) is 4.98 Å². The van der Waals surface area contributed by atoms with E-state index < -0.39 is 11.2 Å². The zero-order valence-electron chi connectivity index (χ0n) is 14.4. The molecule has 1 amide bonds. The highest BCUT2D eigenvalue weighted by atomic mass is 32.2. The number of fused-ring (bicyclic) bond motifs is 1. The van der Waals surface area contributed by atoms with Crippen LogP contribution in [0.5, 0.6) is 0 Å². The van der Waals surface area contributed by atoms with Crippen LogP contribution in [-0.4, -0.2) is 45.2 Å². The summed E-state index contributed by atoms with van der Waals surface area (Å²) in [6.45, 7) is 9.05. The topological polar surface area (TPSA) is 81.2 Å². The van der Waals surface area contributed by atoms with Gasteiger partial charge in [-0.05, 0) is 32.1 Å². The van der Waals surface area contributed by atoms with Gasteiger partial charge in [-0.2, -0.15) is 0 Å². The minimum absolute atomic E-state index is 0.0769. The van der Waals surface area contributed by atoms with Crippen molar-refractivity contribution in [2.45, 2.75) is 37.7 Å². The van der Waals surface area contributed by atoms with E-state index in [-0.39, 0.29) is 5.56 Å². The average molecular weight is 348 g/mol. The number of primary amides is 1. The fourth-order valence-corrected chi connectivity index (χ4v) is 3.32. The van der Waals surface area contributed by atoms with Crippen molar-refractivity contribution in [1.82, 2.24) is 14.5 Å². The molecule has 6 nitrogen and oxygen atoms in total. The third kappa shape index (κ3) is 4.15. The molecule has 0 aliphatic heterocycles. The van der Waals surface area contributed by atoms with Crippen molar-refractivity contribution >= 4 is 28.6 Å². The molecule has 1 aromatic heterocycles. The normalized spacial score (nSPS) is 12.7. The summed E-state index contributed by atoms with van der Waals surface area (Å²) in [5.74, 6) is -0.419. The molecule has 2 N–H and O–H groups in total. The first kappa shape index (κ1) is 18.5. The van der Waals surface area contributed by atoms with E-state index in [4.69, 9.17) is 5.73 Å². The van der Waals surface area contributed by atoms with Crippen LogP contribution in [0.3, 0.4) is 0 Å². The number of likely N-dealkylation sites (N-methyl/N-ethyl adjacent to an activating group) is 1. The second-order valence-corrected chi connectivity index (χ2v) is 6.87. The molecule has 2 aromatic rings. The van der Waals surface area contributed by atoms with Crippen LogP contribution in [0.1, 0.15) is 20.8 Å². The summed E-state index contributed by atoms with van der Waals surface area (Å²) in [6.07, 6.45) is 0. The van der Waals surface area contributed by atoms with Crippen LogP contribution in [0.15, 0.2) is 34.2 Å². The second kappa shape index (κ2) is 8.30. The number of hydrogen-bond acceptors (Lipinski definition) is 5. The molecule has 24 heavy (non-hydrogen) atoms. The smallest absolute Gasteiger partial charge is 0.262 e. The summed E-state index contributed by atoms with van der Waals surface area (Å²) < 4.78 is 1.66. The second-order valence-electron chi connectivity index (χ2n) is 5.56. The van der Waals surface area contributed by atoms with Crippen molar-refractivity contribution in [2.75, 3.05) is 19.6 Å². The van der Waals surface area contributed by atoms with Gasteiger partial charge in [-0.1, -0.05) is 37.7 Å². The van der Waals surface area contributed by atoms with Gasteiger partial charge in [0.25, 0.3) is 5.56 Å². The van der Waals surface area contributed by atoms with Crippen LogP contribution in [0.4, 0.5) is 0 Å². The Morgan fingerprint density at radius 3 is 2.62 bits per heavy atom. The predicted octanol–water partition coefficient (Wildman–Crippen LogP) is 1.70. The minimum Gasteiger partial charge on any atom is -0.369 e. The van der Waals surface area contributed by atoms with Crippen molar-refractivity contribution in [3.05, 3.63) is 34.6 Å². The van der Waals surface area contributed by atoms with Crippen LogP contribution in [0.2, 0.25) is 0 Å². The third-order valence-electron chi connectivity index (χ3n) is 4.04. The van der Waals surface area contributed by atoms with Crippen molar-refractivity contribution in [2.24, 2.45) is 5.73 Å². The molecule has 130 valence electrons. The van der Waals surface area contributed by atoms with Crippen LogP contribution >= 0.6 is 11.8 Å². The number of aromatic nitrogens is 2. The lowest BCUT2D eigenvalue weighted by molar-refractivity contribution is -0.117. The summed E-state index contributed by atoms with van der Waals surface area (Å²) in [6, 6.07) is 7.27. The van der Waals surface area contributed by atoms with Gasteiger partial charge in [0.05, 0.1) is 16.2 Å². The fraction of sp³-hybridized carbons (Fsp3) is 0.471. The Hall–Kier alpha value is -1.86. The molecule has 0 saturated heterocycles. The molecule has 0 fully saturated rings. The van der Waals surface area contributed by atoms with Crippen LogP contribution in [-0.2, 0) is 11.3 Å². The first-order valence-electron chi connectivity index (χ1n) is 8.15. The van der Waals surface area contributed by atoms with E-state index in [1.54, 1.807) is 17.6 Å². The molecule has 0 radical (unpaired) electrons. The standard InChI is InChI=1S/C17H24N4O2S/c1-4-20(5-2)10-11-21-16(23)13-8-6-7-9-14(13)19-17(21)24-12(3)15(18)22/h6-9,12H,4-5,10-11H2,1-3H3,(H2,18,22)/t12-/m1/s1. The molecule has 2 rings (SSSR count). The minimum atomic E-state index is -0.447. The maximum absolute atomic E-state index is 12.9. The molecular weight excluding hydrogens is 324 g/mol. The number of para-hydroxylation sites is 1. The first-order valence-corrected chi connectivity index (χ1v) is 9.03. The van der Waals surface area contributed by atoms with E-state index in [2.05, 4.69) is 23.7 Å². The van der Waals surface area contributed by atoms with Gasteiger partial charge in [0.1, 0.15) is 0 Å². The lowest BCUT2D eigenvalue weighted by Crippen LogP contribution is -2.33. The number of benzene rings is 1. The van der Waals surface area contributed by atoms with E-state index >= 15 is 0 Å². The van der Waals surface area contributed by atoms with E-state index in [0.29, 0.717) is 22.6 Å². The number of nitrogens with two attached hydrogens (primary N) is 1. The highest BCUT2D eigenvalue weighted by molar-refractivity contribution is 8.00. The largest absolute Gasteiger partial charge is 0.369 e. The molecule has 0 spiro atoms. The van der Waals surface area contributed by atoms with E-state index in [1.165, 1.54) is 11.8 Å². The molecule has 0 saturated carbocycles. The molecule has 0 aliphatic rings. The fourth-order valence-electron chi connectivity index (χ4n) is 2.43. The van der Waals surface area contributed by atoms with Gasteiger partial charge in [0, 0.05) is 13.1 Å². The Kier molecular flexibility index (Phi) is 6.39. The molecule has 0 aliphatic carbocycles. The van der Waals surface area contributed by atoms with Gasteiger partial charge >= 0.3 is 0 Å². The van der Waals surface area contributed by atoms with Crippen molar-refractivity contribution in [1.29, 1.82) is 0 Å². The van der Waals surface area contributed by atoms with Crippen molar-refractivity contribution < 1.29 is 4.79 Å². The highest BCUT2D eigenvalue weighted by Gasteiger charge is 2.17. The molecule has 1 atom stereocenters. The molecule has 7 heteroatoms. The summed E-state index contributed by atoms with van der Waals surface area (Å²) in [4.78, 5) is 31.1.